The van der Waals surface area contributed by atoms with E-state index in [4.69, 9.17) is 5.73 Å². The van der Waals surface area contributed by atoms with E-state index in [-0.39, 0.29) is 11.1 Å². The van der Waals surface area contributed by atoms with Crippen LogP contribution in [0.25, 0.3) is 0 Å². The van der Waals surface area contributed by atoms with Crippen LogP contribution in [0.3, 0.4) is 0 Å². The molecule has 78 valence electrons. The van der Waals surface area contributed by atoms with Crippen LogP contribution in [0.2, 0.25) is 0 Å². The number of alkyl halides is 3. The number of aromatic nitrogens is 3. The summed E-state index contributed by atoms with van der Waals surface area (Å²) in [5, 5.41) is 0.174. The fourth-order valence-electron chi connectivity index (χ4n) is 0.593. The first-order valence-corrected chi connectivity index (χ1v) is 4.82. The van der Waals surface area contributed by atoms with Crippen molar-refractivity contribution in [3.05, 3.63) is 0 Å². The van der Waals surface area contributed by atoms with Gasteiger partial charge in [-0.15, -0.1) is 8.78 Å². The molecule has 0 fully saturated rings. The maximum absolute atomic E-state index is 12.2. The summed E-state index contributed by atoms with van der Waals surface area (Å²) in [4.78, 5) is 10.5. The molecule has 1 rings (SSSR count). The van der Waals surface area contributed by atoms with Crippen molar-refractivity contribution in [2.45, 2.75) is 10.7 Å². The number of rotatable bonds is 3. The van der Waals surface area contributed by atoms with Gasteiger partial charge in [-0.1, -0.05) is 11.8 Å². The largest absolute Gasteiger partial charge is 0.489 e. The lowest BCUT2D eigenvalue weighted by Crippen LogP contribution is -2.18. The summed E-state index contributed by atoms with van der Waals surface area (Å²) in [5.41, 5.74) is 1.35. The van der Waals surface area contributed by atoms with E-state index in [0.29, 0.717) is 0 Å². The summed E-state index contributed by atoms with van der Waals surface area (Å²) in [6, 6.07) is -0.609. The van der Waals surface area contributed by atoms with Crippen molar-refractivity contribution >= 4 is 29.3 Å². The van der Waals surface area contributed by atoms with Gasteiger partial charge in [0.15, 0.2) is 5.16 Å². The van der Waals surface area contributed by atoms with E-state index in [1.807, 2.05) is 0 Å². The number of hydrogen-bond acceptors (Lipinski definition) is 6. The van der Waals surface area contributed by atoms with Crippen LogP contribution >= 0.6 is 23.4 Å². The van der Waals surface area contributed by atoms with E-state index < -0.39 is 11.6 Å². The van der Waals surface area contributed by atoms with Gasteiger partial charge in [-0.25, -0.2) is 0 Å². The molecule has 0 bridgehead atoms. The molecule has 0 spiro atoms. The van der Waals surface area contributed by atoms with Crippen LogP contribution in [-0.2, 0) is 0 Å². The third kappa shape index (κ3) is 3.46. The van der Waals surface area contributed by atoms with Gasteiger partial charge < -0.3 is 10.5 Å². The molecular weight excluding hydrogens is 238 g/mol. The molecule has 1 aromatic heterocycles. The summed E-state index contributed by atoms with van der Waals surface area (Å²) in [5.74, 6) is -0.208. The Morgan fingerprint density at radius 1 is 1.43 bits per heavy atom. The molecule has 0 radical (unpaired) electrons. The van der Waals surface area contributed by atoms with Crippen LogP contribution in [0.1, 0.15) is 0 Å². The first-order valence-electron chi connectivity index (χ1n) is 3.22. The topological polar surface area (TPSA) is 73.9 Å². The summed E-state index contributed by atoms with van der Waals surface area (Å²) in [6.45, 7) is 0. The quantitative estimate of drug-likeness (QED) is 0.637. The van der Waals surface area contributed by atoms with Gasteiger partial charge in [0.25, 0.3) is 0 Å². The minimum absolute atomic E-state index is 0.174. The van der Waals surface area contributed by atoms with Crippen molar-refractivity contribution in [1.29, 1.82) is 0 Å². The van der Waals surface area contributed by atoms with Gasteiger partial charge in [-0.3, -0.25) is 0 Å². The van der Waals surface area contributed by atoms with E-state index in [2.05, 4.69) is 31.3 Å². The molecule has 0 saturated heterocycles. The molecule has 0 amide bonds. The number of thioether (sulfide) groups is 1. The van der Waals surface area contributed by atoms with E-state index in [0.717, 1.165) is 11.8 Å². The van der Waals surface area contributed by atoms with Crippen LogP contribution in [0, 0.1) is 0 Å². The normalized spacial score (nSPS) is 11.4. The fourth-order valence-corrected chi connectivity index (χ4v) is 1.02. The second-order valence-electron chi connectivity index (χ2n) is 2.01. The van der Waals surface area contributed by atoms with Gasteiger partial charge in [0.2, 0.25) is 5.95 Å². The highest BCUT2D eigenvalue weighted by molar-refractivity contribution is 7.98. The monoisotopic (exact) mass is 242 g/mol. The van der Waals surface area contributed by atoms with Crippen molar-refractivity contribution in [2.75, 3.05) is 12.0 Å². The highest BCUT2D eigenvalue weighted by Crippen LogP contribution is 2.23. The number of nitrogens with two attached hydrogens (primary N) is 1. The molecular formula is C5H5ClF2N4OS. The number of hydrogen-bond donors (Lipinski definition) is 1. The first-order chi connectivity index (χ1) is 6.40. The Morgan fingerprint density at radius 2 is 2.07 bits per heavy atom. The third-order valence-electron chi connectivity index (χ3n) is 1.00. The highest BCUT2D eigenvalue weighted by atomic mass is 35.5. The number of nitrogen functional groups attached to an aromatic ring is 1. The van der Waals surface area contributed by atoms with Crippen LogP contribution < -0.4 is 10.5 Å². The zero-order valence-corrected chi connectivity index (χ0v) is 8.44. The predicted molar refractivity (Wildman–Crippen MR) is 47.4 cm³/mol. The lowest BCUT2D eigenvalue weighted by Gasteiger charge is -2.08. The van der Waals surface area contributed by atoms with Gasteiger partial charge in [0.05, 0.1) is 0 Å². The minimum Gasteiger partial charge on any atom is -0.385 e. The van der Waals surface area contributed by atoms with Gasteiger partial charge in [-0.2, -0.15) is 15.0 Å². The number of ether oxygens (including phenoxy) is 1. The maximum Gasteiger partial charge on any atom is 0.489 e. The average molecular weight is 243 g/mol. The SMILES string of the molecule is CSc1nc(N)nc(OC(F)(F)Cl)n1. The second-order valence-corrected chi connectivity index (χ2v) is 3.22. The fraction of sp³-hybridized carbons (Fsp3) is 0.400. The van der Waals surface area contributed by atoms with Crippen molar-refractivity contribution in [1.82, 2.24) is 15.0 Å². The molecule has 0 saturated carbocycles. The number of anilines is 1. The summed E-state index contributed by atoms with van der Waals surface area (Å²) >= 11 is 5.62. The first kappa shape index (κ1) is 11.2. The van der Waals surface area contributed by atoms with Crippen molar-refractivity contribution in [2.24, 2.45) is 0 Å². The van der Waals surface area contributed by atoms with Gasteiger partial charge in [0.1, 0.15) is 0 Å². The van der Waals surface area contributed by atoms with E-state index in [1.54, 1.807) is 6.26 Å². The molecule has 1 heterocycles. The van der Waals surface area contributed by atoms with Gasteiger partial charge in [-0.05, 0) is 6.26 Å². The Balaban J connectivity index is 2.92. The summed E-state index contributed by atoms with van der Waals surface area (Å²) < 4.78 is 28.2. The molecule has 0 unspecified atom stereocenters. The molecule has 1 aromatic rings. The minimum atomic E-state index is -3.86. The molecule has 5 nitrogen and oxygen atoms in total. The van der Waals surface area contributed by atoms with Crippen LogP contribution in [0.5, 0.6) is 6.01 Å². The molecule has 14 heavy (non-hydrogen) atoms. The summed E-state index contributed by atoms with van der Waals surface area (Å²) in [6.07, 6.45) is 1.65. The Hall–Kier alpha value is -0.890. The Bertz CT molecular complexity index is 334. The number of nitrogens with zero attached hydrogens (tertiary/aromatic N) is 3. The molecule has 0 atom stereocenters. The number of halogens is 3. The highest BCUT2D eigenvalue weighted by Gasteiger charge is 2.29. The Labute approximate surface area is 87.0 Å². The summed E-state index contributed by atoms with van der Waals surface area (Å²) in [7, 11) is 0. The van der Waals surface area contributed by atoms with Crippen LogP contribution in [0.15, 0.2) is 5.16 Å². The molecule has 2 N–H and O–H groups in total. The Morgan fingerprint density at radius 3 is 2.57 bits per heavy atom. The third-order valence-corrected chi connectivity index (χ3v) is 1.63. The Kier molecular flexibility index (Phi) is 3.27. The molecule has 0 aliphatic carbocycles. The van der Waals surface area contributed by atoms with Gasteiger partial charge in [0, 0.05) is 11.6 Å². The van der Waals surface area contributed by atoms with Crippen LogP contribution in [0.4, 0.5) is 14.7 Å². The lowest BCUT2D eigenvalue weighted by atomic mass is 10.9. The predicted octanol–water partition coefficient (Wildman–Crippen LogP) is 1.34. The zero-order valence-electron chi connectivity index (χ0n) is 6.87. The average Bonchev–Trinajstić information content (AvgIpc) is 1.99. The van der Waals surface area contributed by atoms with E-state index in [9.17, 15) is 8.78 Å². The maximum atomic E-state index is 12.2. The standard InChI is InChI=1S/C5H5ClF2N4OS/c1-14-4-11-2(9)10-3(12-4)13-5(6,7)8/h1H3,(H2,9,10,11,12). The van der Waals surface area contributed by atoms with Crippen molar-refractivity contribution < 1.29 is 13.5 Å². The van der Waals surface area contributed by atoms with Gasteiger partial charge >= 0.3 is 11.6 Å². The lowest BCUT2D eigenvalue weighted by molar-refractivity contribution is -0.102. The molecule has 0 aliphatic rings. The molecule has 0 aromatic carbocycles. The molecule has 0 aliphatic heterocycles. The van der Waals surface area contributed by atoms with Crippen LogP contribution in [-0.4, -0.2) is 26.8 Å². The van der Waals surface area contributed by atoms with E-state index >= 15 is 0 Å². The molecule has 9 heteroatoms. The smallest absolute Gasteiger partial charge is 0.385 e. The second kappa shape index (κ2) is 4.09. The van der Waals surface area contributed by atoms with E-state index in [1.165, 1.54) is 0 Å². The van der Waals surface area contributed by atoms with Crippen molar-refractivity contribution in [3.63, 3.8) is 0 Å². The zero-order chi connectivity index (χ0) is 10.8. The van der Waals surface area contributed by atoms with Crippen molar-refractivity contribution in [3.8, 4) is 6.01 Å².